The number of aliphatic carboxylic acids is 1. The summed E-state index contributed by atoms with van der Waals surface area (Å²) in [6.07, 6.45) is 0.335. The summed E-state index contributed by atoms with van der Waals surface area (Å²) in [5.41, 5.74) is 0.663. The summed E-state index contributed by atoms with van der Waals surface area (Å²) in [7, 11) is 0. The second-order valence-corrected chi connectivity index (χ2v) is 4.52. The van der Waals surface area contributed by atoms with Gasteiger partial charge >= 0.3 is 12.0 Å². The van der Waals surface area contributed by atoms with E-state index in [1.165, 1.54) is 18.2 Å². The van der Waals surface area contributed by atoms with Crippen molar-refractivity contribution >= 4 is 29.3 Å². The predicted octanol–water partition coefficient (Wildman–Crippen LogP) is 2.59. The number of carbonyl (C=O) groups is 2. The second-order valence-electron chi connectivity index (χ2n) is 4.11. The molecule has 6 nitrogen and oxygen atoms in total. The summed E-state index contributed by atoms with van der Waals surface area (Å²) >= 11 is 5.91. The SMILES string of the molecule is CCC(CC(=O)O)NC(=O)Nc1cc(C#N)ccc1Cl. The molecule has 106 valence electrons. The normalized spacial score (nSPS) is 11.2. The van der Waals surface area contributed by atoms with Crippen molar-refractivity contribution in [3.63, 3.8) is 0 Å². The van der Waals surface area contributed by atoms with Gasteiger partial charge in [0.05, 0.1) is 28.8 Å². The van der Waals surface area contributed by atoms with Gasteiger partial charge in [0, 0.05) is 6.04 Å². The van der Waals surface area contributed by atoms with Gasteiger partial charge < -0.3 is 15.7 Å². The molecule has 3 N–H and O–H groups in total. The van der Waals surface area contributed by atoms with Crippen LogP contribution in [0.1, 0.15) is 25.3 Å². The Hall–Kier alpha value is -2.26. The van der Waals surface area contributed by atoms with Crippen LogP contribution in [-0.2, 0) is 4.79 Å². The molecule has 0 saturated carbocycles. The van der Waals surface area contributed by atoms with Gasteiger partial charge in [-0.2, -0.15) is 5.26 Å². The third-order valence-electron chi connectivity index (χ3n) is 2.59. The van der Waals surface area contributed by atoms with Crippen molar-refractivity contribution in [3.8, 4) is 6.07 Å². The van der Waals surface area contributed by atoms with E-state index in [1.54, 1.807) is 6.92 Å². The van der Waals surface area contributed by atoms with Gasteiger partial charge in [0.25, 0.3) is 0 Å². The first-order valence-electron chi connectivity index (χ1n) is 5.95. The monoisotopic (exact) mass is 295 g/mol. The number of carboxylic acids is 1. The fourth-order valence-corrected chi connectivity index (χ4v) is 1.71. The van der Waals surface area contributed by atoms with E-state index in [1.807, 2.05) is 6.07 Å². The number of halogens is 1. The number of urea groups is 1. The van der Waals surface area contributed by atoms with Crippen LogP contribution in [0.3, 0.4) is 0 Å². The first-order chi connectivity index (χ1) is 9.46. The minimum atomic E-state index is -0.985. The van der Waals surface area contributed by atoms with E-state index in [4.69, 9.17) is 22.0 Å². The Morgan fingerprint density at radius 2 is 2.20 bits per heavy atom. The number of anilines is 1. The third-order valence-corrected chi connectivity index (χ3v) is 2.92. The smallest absolute Gasteiger partial charge is 0.319 e. The Kier molecular flexibility index (Phi) is 5.81. The summed E-state index contributed by atoms with van der Waals surface area (Å²) in [5.74, 6) is -0.985. The van der Waals surface area contributed by atoms with Crippen molar-refractivity contribution in [3.05, 3.63) is 28.8 Å². The molecule has 0 aromatic heterocycles. The molecule has 0 fully saturated rings. The number of nitriles is 1. The Bertz CT molecular complexity index is 554. The second kappa shape index (κ2) is 7.36. The van der Waals surface area contributed by atoms with Gasteiger partial charge in [0.15, 0.2) is 0 Å². The minimum Gasteiger partial charge on any atom is -0.481 e. The van der Waals surface area contributed by atoms with Gasteiger partial charge in [0.1, 0.15) is 0 Å². The summed E-state index contributed by atoms with van der Waals surface area (Å²) in [4.78, 5) is 22.4. The van der Waals surface area contributed by atoms with Gasteiger partial charge in [-0.05, 0) is 24.6 Å². The van der Waals surface area contributed by atoms with Gasteiger partial charge in [-0.15, -0.1) is 0 Å². The lowest BCUT2D eigenvalue weighted by atomic mass is 10.1. The number of hydrogen-bond donors (Lipinski definition) is 3. The van der Waals surface area contributed by atoms with E-state index in [9.17, 15) is 9.59 Å². The molecule has 0 saturated heterocycles. The van der Waals surface area contributed by atoms with Crippen LogP contribution < -0.4 is 10.6 Å². The zero-order valence-corrected chi connectivity index (χ0v) is 11.6. The topological polar surface area (TPSA) is 102 Å². The Balaban J connectivity index is 2.71. The number of rotatable bonds is 5. The van der Waals surface area contributed by atoms with Crippen LogP contribution in [0, 0.1) is 11.3 Å². The third kappa shape index (κ3) is 4.78. The molecule has 0 spiro atoms. The zero-order valence-electron chi connectivity index (χ0n) is 10.8. The fraction of sp³-hybridized carbons (Fsp3) is 0.308. The van der Waals surface area contributed by atoms with E-state index >= 15 is 0 Å². The van der Waals surface area contributed by atoms with Gasteiger partial charge in [0.2, 0.25) is 0 Å². The number of amides is 2. The average Bonchev–Trinajstić information content (AvgIpc) is 2.40. The first-order valence-corrected chi connectivity index (χ1v) is 6.33. The molecule has 1 aromatic rings. The molecule has 0 aliphatic carbocycles. The number of carbonyl (C=O) groups excluding carboxylic acids is 1. The standard InChI is InChI=1S/C13H14ClN3O3/c1-2-9(6-12(18)19)16-13(20)17-11-5-8(7-15)3-4-10(11)14/h3-5,9H,2,6H2,1H3,(H,18,19)(H2,16,17,20). The van der Waals surface area contributed by atoms with E-state index < -0.39 is 18.0 Å². The molecule has 1 rings (SSSR count). The van der Waals surface area contributed by atoms with E-state index in [0.29, 0.717) is 22.7 Å². The lowest BCUT2D eigenvalue weighted by molar-refractivity contribution is -0.137. The summed E-state index contributed by atoms with van der Waals surface area (Å²) in [6, 6.07) is 5.39. The minimum absolute atomic E-state index is 0.157. The average molecular weight is 296 g/mol. The Labute approximate surface area is 121 Å². The van der Waals surface area contributed by atoms with Crippen LogP contribution in [0.25, 0.3) is 0 Å². The molecule has 0 bridgehead atoms. The number of nitrogens with zero attached hydrogens (tertiary/aromatic N) is 1. The molecular formula is C13H14ClN3O3. The predicted molar refractivity (Wildman–Crippen MR) is 74.7 cm³/mol. The van der Waals surface area contributed by atoms with Crippen molar-refractivity contribution in [2.45, 2.75) is 25.8 Å². The molecule has 0 radical (unpaired) electrons. The molecular weight excluding hydrogens is 282 g/mol. The molecule has 1 aromatic carbocycles. The molecule has 0 heterocycles. The molecule has 2 amide bonds. The highest BCUT2D eigenvalue weighted by Gasteiger charge is 2.14. The quantitative estimate of drug-likeness (QED) is 0.777. The van der Waals surface area contributed by atoms with Crippen molar-refractivity contribution in [1.82, 2.24) is 5.32 Å². The zero-order chi connectivity index (χ0) is 15.1. The lowest BCUT2D eigenvalue weighted by Crippen LogP contribution is -2.38. The molecule has 20 heavy (non-hydrogen) atoms. The maximum absolute atomic E-state index is 11.8. The number of hydrogen-bond acceptors (Lipinski definition) is 3. The number of benzene rings is 1. The summed E-state index contributed by atoms with van der Waals surface area (Å²) in [6.45, 7) is 1.77. The van der Waals surface area contributed by atoms with Crippen molar-refractivity contribution in [1.29, 1.82) is 5.26 Å². The summed E-state index contributed by atoms with van der Waals surface area (Å²) in [5, 5.41) is 22.8. The van der Waals surface area contributed by atoms with Crippen LogP contribution >= 0.6 is 11.6 Å². The van der Waals surface area contributed by atoms with Crippen LogP contribution in [0.15, 0.2) is 18.2 Å². The van der Waals surface area contributed by atoms with Crippen molar-refractivity contribution in [2.75, 3.05) is 5.32 Å². The number of nitrogens with one attached hydrogen (secondary N) is 2. The maximum atomic E-state index is 11.8. The highest BCUT2D eigenvalue weighted by Crippen LogP contribution is 2.22. The van der Waals surface area contributed by atoms with Crippen molar-refractivity contribution in [2.24, 2.45) is 0 Å². The van der Waals surface area contributed by atoms with Gasteiger partial charge in [-0.3, -0.25) is 4.79 Å². The first kappa shape index (κ1) is 15.8. The van der Waals surface area contributed by atoms with Gasteiger partial charge in [-0.1, -0.05) is 18.5 Å². The maximum Gasteiger partial charge on any atom is 0.319 e. The van der Waals surface area contributed by atoms with E-state index in [0.717, 1.165) is 0 Å². The molecule has 0 aliphatic heterocycles. The van der Waals surface area contributed by atoms with Crippen LogP contribution in [0.5, 0.6) is 0 Å². The fourth-order valence-electron chi connectivity index (χ4n) is 1.54. The number of carboxylic acid groups (broad SMARTS) is 1. The lowest BCUT2D eigenvalue weighted by Gasteiger charge is -2.16. The van der Waals surface area contributed by atoms with Gasteiger partial charge in [-0.25, -0.2) is 4.79 Å². The Morgan fingerprint density at radius 3 is 2.75 bits per heavy atom. The molecule has 0 aliphatic rings. The molecule has 1 unspecified atom stereocenters. The molecule has 7 heteroatoms. The highest BCUT2D eigenvalue weighted by atomic mass is 35.5. The summed E-state index contributed by atoms with van der Waals surface area (Å²) < 4.78 is 0. The molecule has 1 atom stereocenters. The van der Waals surface area contributed by atoms with Crippen LogP contribution in [0.2, 0.25) is 5.02 Å². The van der Waals surface area contributed by atoms with Crippen LogP contribution in [0.4, 0.5) is 10.5 Å². The highest BCUT2D eigenvalue weighted by molar-refractivity contribution is 6.33. The van der Waals surface area contributed by atoms with Crippen LogP contribution in [-0.4, -0.2) is 23.1 Å². The van der Waals surface area contributed by atoms with Crippen molar-refractivity contribution < 1.29 is 14.7 Å². The van der Waals surface area contributed by atoms with E-state index in [-0.39, 0.29) is 6.42 Å². The Morgan fingerprint density at radius 1 is 1.50 bits per heavy atom. The largest absolute Gasteiger partial charge is 0.481 e. The van der Waals surface area contributed by atoms with E-state index in [2.05, 4.69) is 10.6 Å².